The Balaban J connectivity index is 2.24. The quantitative estimate of drug-likeness (QED) is 0.884. The van der Waals surface area contributed by atoms with Crippen LogP contribution < -0.4 is 19.5 Å². The standard InChI is InChI=1S/C16H18N2O4/c1-20-12-7-13(21-2)15(14(8-12)22-3)16(19)18-10-11-5-4-6-17-9-11/h4-9H,10H2,1-3H3,(H,18,19). The minimum Gasteiger partial charge on any atom is -0.496 e. The van der Waals surface area contributed by atoms with Crippen molar-refractivity contribution >= 4 is 5.91 Å². The fourth-order valence-corrected chi connectivity index (χ4v) is 2.00. The number of ether oxygens (including phenoxy) is 3. The number of hydrogen-bond donors (Lipinski definition) is 1. The average molecular weight is 302 g/mol. The number of amides is 1. The summed E-state index contributed by atoms with van der Waals surface area (Å²) < 4.78 is 15.7. The zero-order valence-electron chi connectivity index (χ0n) is 12.8. The molecule has 116 valence electrons. The number of nitrogens with one attached hydrogen (secondary N) is 1. The molecular formula is C16H18N2O4. The van der Waals surface area contributed by atoms with Crippen molar-refractivity contribution in [2.45, 2.75) is 6.54 Å². The van der Waals surface area contributed by atoms with Crippen molar-refractivity contribution in [2.75, 3.05) is 21.3 Å². The van der Waals surface area contributed by atoms with E-state index in [1.807, 2.05) is 12.1 Å². The van der Waals surface area contributed by atoms with Crippen LogP contribution in [0.25, 0.3) is 0 Å². The Bertz CT molecular complexity index is 619. The van der Waals surface area contributed by atoms with Gasteiger partial charge in [-0.3, -0.25) is 9.78 Å². The maximum Gasteiger partial charge on any atom is 0.259 e. The van der Waals surface area contributed by atoms with Gasteiger partial charge < -0.3 is 19.5 Å². The molecule has 1 amide bonds. The summed E-state index contributed by atoms with van der Waals surface area (Å²) in [6, 6.07) is 6.98. The van der Waals surface area contributed by atoms with E-state index in [1.54, 1.807) is 24.5 Å². The van der Waals surface area contributed by atoms with Crippen LogP contribution in [0, 0.1) is 0 Å². The third-order valence-electron chi connectivity index (χ3n) is 3.12. The molecule has 0 aliphatic rings. The van der Waals surface area contributed by atoms with Crippen molar-refractivity contribution in [2.24, 2.45) is 0 Å². The molecule has 0 aliphatic carbocycles. The summed E-state index contributed by atoms with van der Waals surface area (Å²) in [5.74, 6) is 1.04. The van der Waals surface area contributed by atoms with Crippen LogP contribution in [-0.4, -0.2) is 32.2 Å². The highest BCUT2D eigenvalue weighted by Crippen LogP contribution is 2.33. The molecule has 1 aromatic carbocycles. The van der Waals surface area contributed by atoms with Gasteiger partial charge in [-0.2, -0.15) is 0 Å². The lowest BCUT2D eigenvalue weighted by atomic mass is 10.1. The van der Waals surface area contributed by atoms with Gasteiger partial charge in [-0.25, -0.2) is 0 Å². The SMILES string of the molecule is COc1cc(OC)c(C(=O)NCc2cccnc2)c(OC)c1. The minimum absolute atomic E-state index is 0.291. The van der Waals surface area contributed by atoms with Crippen LogP contribution in [0.5, 0.6) is 17.2 Å². The van der Waals surface area contributed by atoms with Crippen LogP contribution in [0.15, 0.2) is 36.7 Å². The predicted molar refractivity (Wildman–Crippen MR) is 81.5 cm³/mol. The van der Waals surface area contributed by atoms with Crippen molar-refractivity contribution < 1.29 is 19.0 Å². The van der Waals surface area contributed by atoms with E-state index in [0.29, 0.717) is 29.4 Å². The summed E-state index contributed by atoms with van der Waals surface area (Å²) in [6.07, 6.45) is 3.38. The van der Waals surface area contributed by atoms with E-state index in [1.165, 1.54) is 21.3 Å². The van der Waals surface area contributed by atoms with E-state index in [4.69, 9.17) is 14.2 Å². The molecule has 0 atom stereocenters. The molecule has 0 saturated heterocycles. The van der Waals surface area contributed by atoms with E-state index in [9.17, 15) is 4.79 Å². The Labute approximate surface area is 129 Å². The van der Waals surface area contributed by atoms with Crippen LogP contribution >= 0.6 is 0 Å². The predicted octanol–water partition coefficient (Wildman–Crippen LogP) is 2.04. The molecule has 6 nitrogen and oxygen atoms in total. The number of carbonyl (C=O) groups excluding carboxylic acids is 1. The van der Waals surface area contributed by atoms with Gasteiger partial charge in [0.25, 0.3) is 5.91 Å². The van der Waals surface area contributed by atoms with Crippen LogP contribution in [0.1, 0.15) is 15.9 Å². The molecular weight excluding hydrogens is 284 g/mol. The Morgan fingerprint density at radius 1 is 1.14 bits per heavy atom. The monoisotopic (exact) mass is 302 g/mol. The van der Waals surface area contributed by atoms with Gasteiger partial charge in [0.1, 0.15) is 22.8 Å². The maximum atomic E-state index is 12.4. The number of benzene rings is 1. The van der Waals surface area contributed by atoms with Crippen LogP contribution in [0.3, 0.4) is 0 Å². The van der Waals surface area contributed by atoms with Crippen molar-refractivity contribution in [3.63, 3.8) is 0 Å². The summed E-state index contributed by atoms with van der Waals surface area (Å²) in [5, 5.41) is 2.82. The fourth-order valence-electron chi connectivity index (χ4n) is 2.00. The van der Waals surface area contributed by atoms with Crippen molar-refractivity contribution in [1.82, 2.24) is 10.3 Å². The van der Waals surface area contributed by atoms with Gasteiger partial charge in [0, 0.05) is 31.1 Å². The lowest BCUT2D eigenvalue weighted by Gasteiger charge is -2.14. The van der Waals surface area contributed by atoms with Crippen molar-refractivity contribution in [3.8, 4) is 17.2 Å². The molecule has 2 aromatic rings. The molecule has 22 heavy (non-hydrogen) atoms. The number of aromatic nitrogens is 1. The second-order valence-electron chi connectivity index (χ2n) is 4.45. The second-order valence-corrected chi connectivity index (χ2v) is 4.45. The van der Waals surface area contributed by atoms with E-state index in [2.05, 4.69) is 10.3 Å². The van der Waals surface area contributed by atoms with E-state index < -0.39 is 0 Å². The first-order chi connectivity index (χ1) is 10.7. The van der Waals surface area contributed by atoms with Gasteiger partial charge >= 0.3 is 0 Å². The first-order valence-corrected chi connectivity index (χ1v) is 6.66. The number of nitrogens with zero attached hydrogens (tertiary/aromatic N) is 1. The van der Waals surface area contributed by atoms with Crippen molar-refractivity contribution in [1.29, 1.82) is 0 Å². The van der Waals surface area contributed by atoms with Gasteiger partial charge in [0.05, 0.1) is 21.3 Å². The third kappa shape index (κ3) is 3.46. The molecule has 0 aliphatic heterocycles. The summed E-state index contributed by atoms with van der Waals surface area (Å²) in [5.41, 5.74) is 1.23. The van der Waals surface area contributed by atoms with Gasteiger partial charge in [-0.05, 0) is 11.6 Å². The summed E-state index contributed by atoms with van der Waals surface area (Å²) in [7, 11) is 4.52. The zero-order chi connectivity index (χ0) is 15.9. The zero-order valence-corrected chi connectivity index (χ0v) is 12.8. The first kappa shape index (κ1) is 15.6. The molecule has 0 fully saturated rings. The number of carbonyl (C=O) groups is 1. The van der Waals surface area contributed by atoms with Gasteiger partial charge in [-0.15, -0.1) is 0 Å². The lowest BCUT2D eigenvalue weighted by Crippen LogP contribution is -2.24. The summed E-state index contributed by atoms with van der Waals surface area (Å²) >= 11 is 0. The first-order valence-electron chi connectivity index (χ1n) is 6.66. The minimum atomic E-state index is -0.291. The molecule has 0 radical (unpaired) electrons. The topological polar surface area (TPSA) is 69.7 Å². The molecule has 6 heteroatoms. The van der Waals surface area contributed by atoms with Gasteiger partial charge in [0.15, 0.2) is 0 Å². The lowest BCUT2D eigenvalue weighted by molar-refractivity contribution is 0.0944. The third-order valence-corrected chi connectivity index (χ3v) is 3.12. The van der Waals surface area contributed by atoms with Crippen LogP contribution in [0.4, 0.5) is 0 Å². The normalized spacial score (nSPS) is 9.95. The molecule has 1 heterocycles. The van der Waals surface area contributed by atoms with Crippen LogP contribution in [-0.2, 0) is 6.54 Å². The van der Waals surface area contributed by atoms with Gasteiger partial charge in [-0.1, -0.05) is 6.07 Å². The molecule has 1 N–H and O–H groups in total. The smallest absolute Gasteiger partial charge is 0.259 e. The number of hydrogen-bond acceptors (Lipinski definition) is 5. The van der Waals surface area contributed by atoms with E-state index >= 15 is 0 Å². The van der Waals surface area contributed by atoms with E-state index in [0.717, 1.165) is 5.56 Å². The summed E-state index contributed by atoms with van der Waals surface area (Å²) in [4.78, 5) is 16.5. The highest BCUT2D eigenvalue weighted by Gasteiger charge is 2.20. The molecule has 0 bridgehead atoms. The number of rotatable bonds is 6. The number of pyridine rings is 1. The summed E-state index contributed by atoms with van der Waals surface area (Å²) in [6.45, 7) is 0.366. The van der Waals surface area contributed by atoms with Crippen molar-refractivity contribution in [3.05, 3.63) is 47.8 Å². The van der Waals surface area contributed by atoms with Crippen LogP contribution in [0.2, 0.25) is 0 Å². The molecule has 0 unspecified atom stereocenters. The molecule has 2 rings (SSSR count). The Hall–Kier alpha value is -2.76. The number of methoxy groups -OCH3 is 3. The highest BCUT2D eigenvalue weighted by molar-refractivity contribution is 6.00. The molecule has 0 spiro atoms. The molecule has 1 aromatic heterocycles. The fraction of sp³-hybridized carbons (Fsp3) is 0.250. The van der Waals surface area contributed by atoms with Gasteiger partial charge in [0.2, 0.25) is 0 Å². The molecule has 0 saturated carbocycles. The maximum absolute atomic E-state index is 12.4. The Morgan fingerprint density at radius 3 is 2.32 bits per heavy atom. The van der Waals surface area contributed by atoms with E-state index in [-0.39, 0.29) is 5.91 Å². The highest BCUT2D eigenvalue weighted by atomic mass is 16.5. The Morgan fingerprint density at radius 2 is 1.82 bits per heavy atom. The largest absolute Gasteiger partial charge is 0.496 e. The average Bonchev–Trinajstić information content (AvgIpc) is 2.59. The Kier molecular flexibility index (Phi) is 5.19. The second kappa shape index (κ2) is 7.31.